The van der Waals surface area contributed by atoms with Gasteiger partial charge in [-0.2, -0.15) is 0 Å². The number of para-hydroxylation sites is 2. The normalized spacial score (nSPS) is 11.6. The Bertz CT molecular complexity index is 1720. The fourth-order valence-corrected chi connectivity index (χ4v) is 5.87. The van der Waals surface area contributed by atoms with Gasteiger partial charge < -0.3 is 10.6 Å². The van der Waals surface area contributed by atoms with E-state index in [1.165, 1.54) is 24.0 Å². The molecule has 2 N–H and O–H groups in total. The number of hydrogen-bond donors (Lipinski definition) is 2. The lowest BCUT2D eigenvalue weighted by Gasteiger charge is -2.15. The predicted octanol–water partition coefficient (Wildman–Crippen LogP) is 8.20. The van der Waals surface area contributed by atoms with Gasteiger partial charge in [-0.3, -0.25) is 0 Å². The van der Waals surface area contributed by atoms with Gasteiger partial charge in [0.05, 0.1) is 22.4 Å². The van der Waals surface area contributed by atoms with E-state index in [4.69, 9.17) is 19.9 Å². The highest BCUT2D eigenvalue weighted by Gasteiger charge is 2.14. The first-order valence-electron chi connectivity index (χ1n) is 14.3. The number of anilines is 2. The Labute approximate surface area is 235 Å². The maximum absolute atomic E-state index is 4.84. The Morgan fingerprint density at radius 2 is 0.950 bits per heavy atom. The minimum Gasteiger partial charge on any atom is -0.384 e. The molecule has 0 aliphatic heterocycles. The van der Waals surface area contributed by atoms with E-state index in [9.17, 15) is 0 Å². The number of benzene rings is 2. The number of pyridine rings is 4. The predicted molar refractivity (Wildman–Crippen MR) is 168 cm³/mol. The molecule has 202 valence electrons. The SMILES string of the molecule is Cc1cc(C)c2c(NCCCCCCNc3c4ccccc4nc4nc(C)cc(C)c34)c3ccccc3nc2n1. The summed E-state index contributed by atoms with van der Waals surface area (Å²) < 4.78 is 0. The average Bonchev–Trinajstić information content (AvgIpc) is 2.93. The summed E-state index contributed by atoms with van der Waals surface area (Å²) in [4.78, 5) is 19.2. The van der Waals surface area contributed by atoms with E-state index >= 15 is 0 Å². The van der Waals surface area contributed by atoms with Crippen molar-refractivity contribution >= 4 is 55.2 Å². The fraction of sp³-hybridized carbons (Fsp3) is 0.294. The van der Waals surface area contributed by atoms with Crippen molar-refractivity contribution in [3.63, 3.8) is 0 Å². The molecule has 2 aromatic carbocycles. The summed E-state index contributed by atoms with van der Waals surface area (Å²) in [5, 5.41) is 12.1. The summed E-state index contributed by atoms with van der Waals surface area (Å²) in [6.45, 7) is 10.2. The van der Waals surface area contributed by atoms with Crippen LogP contribution in [0.4, 0.5) is 11.4 Å². The summed E-state index contributed by atoms with van der Waals surface area (Å²) in [6, 6.07) is 21.0. The summed E-state index contributed by atoms with van der Waals surface area (Å²) >= 11 is 0. The molecule has 0 saturated heterocycles. The molecule has 0 bridgehead atoms. The third kappa shape index (κ3) is 5.02. The molecule has 0 saturated carbocycles. The molecular weight excluding hydrogens is 492 g/mol. The Kier molecular flexibility index (Phi) is 7.16. The Hall–Kier alpha value is -4.32. The minimum absolute atomic E-state index is 0.821. The van der Waals surface area contributed by atoms with E-state index in [2.05, 4.69) is 73.0 Å². The molecule has 4 heterocycles. The summed E-state index contributed by atoms with van der Waals surface area (Å²) in [6.07, 6.45) is 4.56. The molecule has 0 spiro atoms. The largest absolute Gasteiger partial charge is 0.384 e. The summed E-state index contributed by atoms with van der Waals surface area (Å²) in [7, 11) is 0. The quantitative estimate of drug-likeness (QED) is 0.145. The van der Waals surface area contributed by atoms with Gasteiger partial charge >= 0.3 is 0 Å². The van der Waals surface area contributed by atoms with Crippen LogP contribution in [0.2, 0.25) is 0 Å². The zero-order valence-electron chi connectivity index (χ0n) is 23.8. The topological polar surface area (TPSA) is 75.6 Å². The number of unbranched alkanes of at least 4 members (excludes halogenated alkanes) is 3. The van der Waals surface area contributed by atoms with E-state index in [0.717, 1.165) is 92.6 Å². The summed E-state index contributed by atoms with van der Waals surface area (Å²) in [5.41, 5.74) is 10.4. The number of rotatable bonds is 9. The molecule has 0 amide bonds. The number of nitrogens with zero attached hydrogens (tertiary/aromatic N) is 4. The van der Waals surface area contributed by atoms with Crippen LogP contribution in [-0.2, 0) is 0 Å². The maximum Gasteiger partial charge on any atom is 0.162 e. The van der Waals surface area contributed by atoms with Crippen molar-refractivity contribution in [1.29, 1.82) is 0 Å². The highest BCUT2D eigenvalue weighted by molar-refractivity contribution is 6.08. The molecule has 0 aliphatic rings. The van der Waals surface area contributed by atoms with Crippen LogP contribution in [0.3, 0.4) is 0 Å². The maximum atomic E-state index is 4.84. The lowest BCUT2D eigenvalue weighted by molar-refractivity contribution is 0.671. The molecule has 6 nitrogen and oxygen atoms in total. The third-order valence-electron chi connectivity index (χ3n) is 7.66. The van der Waals surface area contributed by atoms with Crippen molar-refractivity contribution < 1.29 is 0 Å². The highest BCUT2D eigenvalue weighted by Crippen LogP contribution is 2.34. The van der Waals surface area contributed by atoms with E-state index in [-0.39, 0.29) is 0 Å². The molecule has 0 atom stereocenters. The Morgan fingerprint density at radius 3 is 1.40 bits per heavy atom. The number of aryl methyl sites for hydroxylation is 4. The van der Waals surface area contributed by atoms with Gasteiger partial charge in [0.15, 0.2) is 11.3 Å². The number of nitrogens with one attached hydrogen (secondary N) is 2. The first-order chi connectivity index (χ1) is 19.5. The third-order valence-corrected chi connectivity index (χ3v) is 7.66. The van der Waals surface area contributed by atoms with E-state index in [1.807, 2.05) is 26.0 Å². The molecule has 6 aromatic rings. The first kappa shape index (κ1) is 25.9. The van der Waals surface area contributed by atoms with Gasteiger partial charge in [0.25, 0.3) is 0 Å². The van der Waals surface area contributed by atoms with E-state index in [0.29, 0.717) is 0 Å². The van der Waals surface area contributed by atoms with E-state index in [1.54, 1.807) is 0 Å². The second-order valence-corrected chi connectivity index (χ2v) is 10.8. The molecule has 0 fully saturated rings. The molecule has 40 heavy (non-hydrogen) atoms. The molecule has 6 rings (SSSR count). The van der Waals surface area contributed by atoms with Gasteiger partial charge in [-0.05, 0) is 75.9 Å². The minimum atomic E-state index is 0.821. The second kappa shape index (κ2) is 11.0. The van der Waals surface area contributed by atoms with Crippen LogP contribution >= 0.6 is 0 Å². The summed E-state index contributed by atoms with van der Waals surface area (Å²) in [5.74, 6) is 0. The van der Waals surface area contributed by atoms with Crippen LogP contribution in [-0.4, -0.2) is 33.0 Å². The molecule has 0 aliphatic carbocycles. The van der Waals surface area contributed by atoms with Crippen molar-refractivity contribution in [2.45, 2.75) is 53.4 Å². The zero-order chi connectivity index (χ0) is 27.6. The molecular formula is C34H36N6. The average molecular weight is 529 g/mol. The number of aromatic nitrogens is 4. The van der Waals surface area contributed by atoms with Crippen LogP contribution in [0.1, 0.15) is 48.2 Å². The smallest absolute Gasteiger partial charge is 0.162 e. The number of fused-ring (bicyclic) bond motifs is 4. The Morgan fingerprint density at radius 1 is 0.525 bits per heavy atom. The van der Waals surface area contributed by atoms with Crippen molar-refractivity contribution in [3.05, 3.63) is 83.2 Å². The van der Waals surface area contributed by atoms with Gasteiger partial charge in [-0.15, -0.1) is 0 Å². The standard InChI is InChI=1S/C34H36N6/c1-21-19-23(3)37-33-29(21)31(25-13-7-9-15-27(25)39-33)35-17-11-5-6-12-18-36-32-26-14-8-10-16-28(26)40-34-30(32)22(2)20-24(4)38-34/h7-10,13-16,19-20H,5-6,11-12,17-18H2,1-4H3,(H,35,37,39)(H,36,38,40). The van der Waals surface area contributed by atoms with Gasteiger partial charge in [0, 0.05) is 46.0 Å². The zero-order valence-corrected chi connectivity index (χ0v) is 23.8. The molecule has 0 unspecified atom stereocenters. The molecule has 0 radical (unpaired) electrons. The van der Waals surface area contributed by atoms with Gasteiger partial charge in [-0.25, -0.2) is 19.9 Å². The van der Waals surface area contributed by atoms with Crippen LogP contribution in [0.25, 0.3) is 43.9 Å². The van der Waals surface area contributed by atoms with Gasteiger partial charge in [-0.1, -0.05) is 49.2 Å². The van der Waals surface area contributed by atoms with Crippen LogP contribution in [0, 0.1) is 27.7 Å². The van der Waals surface area contributed by atoms with Crippen molar-refractivity contribution in [3.8, 4) is 0 Å². The van der Waals surface area contributed by atoms with Gasteiger partial charge in [0.1, 0.15) is 0 Å². The lowest BCUT2D eigenvalue weighted by atomic mass is 10.0. The van der Waals surface area contributed by atoms with Crippen LogP contribution in [0.15, 0.2) is 60.7 Å². The van der Waals surface area contributed by atoms with Crippen LogP contribution in [0.5, 0.6) is 0 Å². The van der Waals surface area contributed by atoms with Crippen molar-refractivity contribution in [1.82, 2.24) is 19.9 Å². The Balaban J connectivity index is 1.09. The van der Waals surface area contributed by atoms with Crippen LogP contribution < -0.4 is 10.6 Å². The lowest BCUT2D eigenvalue weighted by Crippen LogP contribution is -2.07. The molecule has 6 heteroatoms. The molecule has 4 aromatic heterocycles. The monoisotopic (exact) mass is 528 g/mol. The fourth-order valence-electron chi connectivity index (χ4n) is 5.87. The first-order valence-corrected chi connectivity index (χ1v) is 14.3. The second-order valence-electron chi connectivity index (χ2n) is 10.8. The van der Waals surface area contributed by atoms with Crippen molar-refractivity contribution in [2.75, 3.05) is 23.7 Å². The number of hydrogen-bond acceptors (Lipinski definition) is 6. The van der Waals surface area contributed by atoms with Crippen molar-refractivity contribution in [2.24, 2.45) is 0 Å². The highest BCUT2D eigenvalue weighted by atomic mass is 14.9. The van der Waals surface area contributed by atoms with Gasteiger partial charge in [0.2, 0.25) is 0 Å². The van der Waals surface area contributed by atoms with E-state index < -0.39 is 0 Å².